The van der Waals surface area contributed by atoms with E-state index in [0.717, 1.165) is 0 Å². The molecule has 1 aromatic heterocycles. The normalized spacial score (nSPS) is 10.4. The highest BCUT2D eigenvalue weighted by Gasteiger charge is 2.15. The second-order valence-corrected chi connectivity index (χ2v) is 6.48. The number of ether oxygens (including phenoxy) is 2. The van der Waals surface area contributed by atoms with Crippen LogP contribution in [-0.4, -0.2) is 30.1 Å². The smallest absolute Gasteiger partial charge is 0.358 e. The van der Waals surface area contributed by atoms with Crippen LogP contribution in [0.25, 0.3) is 10.6 Å². The Hall–Kier alpha value is -3.26. The van der Waals surface area contributed by atoms with Gasteiger partial charge in [0.1, 0.15) is 16.6 Å². The van der Waals surface area contributed by atoms with E-state index in [1.54, 1.807) is 36.4 Å². The number of carbonyl (C=O) groups excluding carboxylic acids is 2. The summed E-state index contributed by atoms with van der Waals surface area (Å²) >= 11 is 1.23. The number of nitrogens with one attached hydrogen (secondary N) is 1. The fraction of sp³-hybridized carbons (Fsp3) is 0.150. The molecule has 0 aliphatic heterocycles. The zero-order chi connectivity index (χ0) is 19.9. The predicted molar refractivity (Wildman–Crippen MR) is 104 cm³/mol. The first kappa shape index (κ1) is 19.5. The summed E-state index contributed by atoms with van der Waals surface area (Å²) in [4.78, 5) is 28.2. The van der Waals surface area contributed by atoms with Crippen molar-refractivity contribution in [3.8, 4) is 16.3 Å². The lowest BCUT2D eigenvalue weighted by Gasteiger charge is -2.07. The summed E-state index contributed by atoms with van der Waals surface area (Å²) in [6, 6.07) is 12.6. The molecule has 1 amide bonds. The molecule has 0 radical (unpaired) electrons. The maximum Gasteiger partial charge on any atom is 0.358 e. The van der Waals surface area contributed by atoms with E-state index < -0.39 is 18.5 Å². The third kappa shape index (κ3) is 5.14. The van der Waals surface area contributed by atoms with Gasteiger partial charge in [-0.05, 0) is 55.5 Å². The Labute approximate surface area is 164 Å². The van der Waals surface area contributed by atoms with Crippen LogP contribution in [-0.2, 0) is 9.53 Å². The number of hydrogen-bond acceptors (Lipinski definition) is 6. The number of amides is 1. The number of benzene rings is 2. The van der Waals surface area contributed by atoms with Gasteiger partial charge in [-0.3, -0.25) is 4.79 Å². The van der Waals surface area contributed by atoms with Gasteiger partial charge in [-0.1, -0.05) is 0 Å². The molecule has 0 bridgehead atoms. The van der Waals surface area contributed by atoms with Crippen molar-refractivity contribution in [1.82, 2.24) is 4.98 Å². The van der Waals surface area contributed by atoms with E-state index in [2.05, 4.69) is 10.3 Å². The van der Waals surface area contributed by atoms with Crippen molar-refractivity contribution in [3.63, 3.8) is 0 Å². The molecule has 8 heteroatoms. The highest BCUT2D eigenvalue weighted by atomic mass is 32.1. The highest BCUT2D eigenvalue weighted by molar-refractivity contribution is 7.13. The van der Waals surface area contributed by atoms with Gasteiger partial charge < -0.3 is 14.8 Å². The van der Waals surface area contributed by atoms with Gasteiger partial charge in [-0.15, -0.1) is 11.3 Å². The molecule has 0 saturated carbocycles. The number of aromatic nitrogens is 1. The Bertz CT molecular complexity index is 955. The second kappa shape index (κ2) is 9.09. The zero-order valence-electron chi connectivity index (χ0n) is 15.0. The van der Waals surface area contributed by atoms with Crippen molar-refractivity contribution in [1.29, 1.82) is 0 Å². The summed E-state index contributed by atoms with van der Waals surface area (Å²) in [7, 11) is 0. The van der Waals surface area contributed by atoms with Crippen LogP contribution < -0.4 is 10.1 Å². The van der Waals surface area contributed by atoms with Crippen LogP contribution >= 0.6 is 11.3 Å². The minimum absolute atomic E-state index is 0.0955. The van der Waals surface area contributed by atoms with Crippen LogP contribution in [0.3, 0.4) is 0 Å². The molecule has 144 valence electrons. The number of halogens is 1. The third-order valence-corrected chi connectivity index (χ3v) is 4.48. The summed E-state index contributed by atoms with van der Waals surface area (Å²) < 4.78 is 23.3. The zero-order valence-corrected chi connectivity index (χ0v) is 15.8. The van der Waals surface area contributed by atoms with Gasteiger partial charge in [0.25, 0.3) is 5.91 Å². The molecular formula is C20H17FN2O4S. The maximum absolute atomic E-state index is 13.0. The molecule has 6 nitrogen and oxygen atoms in total. The number of nitrogens with zero attached hydrogens (tertiary/aromatic N) is 1. The lowest BCUT2D eigenvalue weighted by atomic mass is 10.2. The molecule has 0 saturated heterocycles. The van der Waals surface area contributed by atoms with Crippen LogP contribution in [0.5, 0.6) is 5.75 Å². The topological polar surface area (TPSA) is 77.5 Å². The van der Waals surface area contributed by atoms with E-state index in [9.17, 15) is 14.0 Å². The van der Waals surface area contributed by atoms with Gasteiger partial charge in [0.2, 0.25) is 0 Å². The maximum atomic E-state index is 13.0. The monoisotopic (exact) mass is 400 g/mol. The van der Waals surface area contributed by atoms with Crippen molar-refractivity contribution < 1.29 is 23.5 Å². The molecule has 0 unspecified atom stereocenters. The first-order valence-electron chi connectivity index (χ1n) is 8.46. The summed E-state index contributed by atoms with van der Waals surface area (Å²) in [5, 5.41) is 4.72. The number of esters is 1. The van der Waals surface area contributed by atoms with Crippen molar-refractivity contribution in [2.24, 2.45) is 0 Å². The summed E-state index contributed by atoms with van der Waals surface area (Å²) in [5.74, 6) is -0.816. The summed E-state index contributed by atoms with van der Waals surface area (Å²) in [5.41, 5.74) is 1.36. The second-order valence-electron chi connectivity index (χ2n) is 5.63. The van der Waals surface area contributed by atoms with Gasteiger partial charge in [-0.25, -0.2) is 14.2 Å². The summed E-state index contributed by atoms with van der Waals surface area (Å²) in [6.07, 6.45) is 0. The van der Waals surface area contributed by atoms with Crippen LogP contribution in [0, 0.1) is 5.82 Å². The molecule has 0 aliphatic rings. The van der Waals surface area contributed by atoms with Crippen LogP contribution in [0.1, 0.15) is 17.4 Å². The molecule has 1 N–H and O–H groups in total. The average Bonchev–Trinajstić information content (AvgIpc) is 3.19. The predicted octanol–water partition coefficient (Wildman–Crippen LogP) is 4.14. The number of thiazole rings is 1. The van der Waals surface area contributed by atoms with E-state index in [1.165, 1.54) is 28.8 Å². The number of hydrogen-bond donors (Lipinski definition) is 1. The standard InChI is InChI=1S/C20H17FN2O4S/c1-2-26-16-9-7-15(8-10-16)22-18(24)11-27-20(25)17-12-28-19(23-17)13-3-5-14(21)6-4-13/h3-10,12H,2,11H2,1H3,(H,22,24). The van der Waals surface area contributed by atoms with Crippen molar-refractivity contribution in [2.45, 2.75) is 6.92 Å². The lowest BCUT2D eigenvalue weighted by molar-refractivity contribution is -0.119. The van der Waals surface area contributed by atoms with Crippen molar-refractivity contribution in [2.75, 3.05) is 18.5 Å². The largest absolute Gasteiger partial charge is 0.494 e. The van der Waals surface area contributed by atoms with Crippen LogP contribution in [0.4, 0.5) is 10.1 Å². The Morgan fingerprint density at radius 1 is 1.11 bits per heavy atom. The number of rotatable bonds is 7. The van der Waals surface area contributed by atoms with E-state index in [4.69, 9.17) is 9.47 Å². The Balaban J connectivity index is 1.52. The Kier molecular flexibility index (Phi) is 6.33. The average molecular weight is 400 g/mol. The van der Waals surface area contributed by atoms with E-state index >= 15 is 0 Å². The van der Waals surface area contributed by atoms with Gasteiger partial charge in [-0.2, -0.15) is 0 Å². The number of anilines is 1. The molecular weight excluding hydrogens is 383 g/mol. The molecule has 0 fully saturated rings. The van der Waals surface area contributed by atoms with E-state index in [1.807, 2.05) is 6.92 Å². The fourth-order valence-electron chi connectivity index (χ4n) is 2.30. The van der Waals surface area contributed by atoms with Gasteiger partial charge in [0, 0.05) is 16.6 Å². The first-order chi connectivity index (χ1) is 13.5. The van der Waals surface area contributed by atoms with Gasteiger partial charge >= 0.3 is 5.97 Å². The SMILES string of the molecule is CCOc1ccc(NC(=O)COC(=O)c2csc(-c3ccc(F)cc3)n2)cc1. The molecule has 1 heterocycles. The van der Waals surface area contributed by atoms with Gasteiger partial charge in [0.05, 0.1) is 6.61 Å². The summed E-state index contributed by atoms with van der Waals surface area (Å²) in [6.45, 7) is 2.01. The Morgan fingerprint density at radius 2 is 1.82 bits per heavy atom. The minimum Gasteiger partial charge on any atom is -0.494 e. The molecule has 28 heavy (non-hydrogen) atoms. The number of carbonyl (C=O) groups is 2. The molecule has 0 atom stereocenters. The molecule has 2 aromatic carbocycles. The third-order valence-electron chi connectivity index (χ3n) is 3.59. The minimum atomic E-state index is -0.702. The molecule has 3 aromatic rings. The van der Waals surface area contributed by atoms with E-state index in [0.29, 0.717) is 28.6 Å². The fourth-order valence-corrected chi connectivity index (χ4v) is 3.09. The Morgan fingerprint density at radius 3 is 2.50 bits per heavy atom. The van der Waals surface area contributed by atoms with Crippen LogP contribution in [0.15, 0.2) is 53.9 Å². The first-order valence-corrected chi connectivity index (χ1v) is 9.34. The molecule has 0 spiro atoms. The van der Waals surface area contributed by atoms with Gasteiger partial charge in [0.15, 0.2) is 12.3 Å². The van der Waals surface area contributed by atoms with Crippen molar-refractivity contribution >= 4 is 28.9 Å². The van der Waals surface area contributed by atoms with Crippen LogP contribution in [0.2, 0.25) is 0 Å². The molecule has 0 aliphatic carbocycles. The van der Waals surface area contributed by atoms with Crippen molar-refractivity contribution in [3.05, 3.63) is 65.4 Å². The molecule has 3 rings (SSSR count). The lowest BCUT2D eigenvalue weighted by Crippen LogP contribution is -2.21. The quantitative estimate of drug-likeness (QED) is 0.603. The highest BCUT2D eigenvalue weighted by Crippen LogP contribution is 2.24. The van der Waals surface area contributed by atoms with E-state index in [-0.39, 0.29) is 11.5 Å².